The molecule has 2 rings (SSSR count). The fraction of sp³-hybridized carbons (Fsp3) is 0.864. The van der Waals surface area contributed by atoms with Crippen LogP contribution in [0, 0.1) is 11.3 Å². The van der Waals surface area contributed by atoms with Crippen molar-refractivity contribution in [3.63, 3.8) is 0 Å². The SMILES string of the molecule is CCC(C)(C)CC(C)C(=O)O[C@@H](CNC(C)(C)C)COc1nsnc1N1CCOCC1. The highest BCUT2D eigenvalue weighted by Crippen LogP contribution is 2.30. The smallest absolute Gasteiger partial charge is 0.309 e. The van der Waals surface area contributed by atoms with Gasteiger partial charge < -0.3 is 24.4 Å². The first kappa shape index (κ1) is 25.8. The molecule has 1 aromatic rings. The van der Waals surface area contributed by atoms with E-state index in [4.69, 9.17) is 14.2 Å². The predicted octanol–water partition coefficient (Wildman–Crippen LogP) is 3.52. The van der Waals surface area contributed by atoms with Gasteiger partial charge in [0.1, 0.15) is 12.7 Å². The van der Waals surface area contributed by atoms with Crippen molar-refractivity contribution in [3.05, 3.63) is 0 Å². The fourth-order valence-electron chi connectivity index (χ4n) is 3.30. The van der Waals surface area contributed by atoms with Gasteiger partial charge in [-0.1, -0.05) is 34.1 Å². The summed E-state index contributed by atoms with van der Waals surface area (Å²) in [5.41, 5.74) is 0.00897. The first-order valence-electron chi connectivity index (χ1n) is 11.2. The lowest BCUT2D eigenvalue weighted by Gasteiger charge is -2.29. The normalized spacial score (nSPS) is 17.3. The molecule has 2 heterocycles. The molecule has 0 aromatic carbocycles. The molecule has 0 radical (unpaired) electrons. The summed E-state index contributed by atoms with van der Waals surface area (Å²) in [6.07, 6.45) is 1.39. The number of anilines is 1. The van der Waals surface area contributed by atoms with Crippen molar-refractivity contribution in [1.29, 1.82) is 0 Å². The van der Waals surface area contributed by atoms with Crippen molar-refractivity contribution >= 4 is 23.5 Å². The van der Waals surface area contributed by atoms with Crippen molar-refractivity contribution in [2.45, 2.75) is 73.0 Å². The van der Waals surface area contributed by atoms with Gasteiger partial charge in [0.2, 0.25) is 5.82 Å². The average Bonchev–Trinajstić information content (AvgIpc) is 3.18. The van der Waals surface area contributed by atoms with Crippen LogP contribution in [-0.4, -0.2) is 65.8 Å². The molecule has 2 atom stereocenters. The van der Waals surface area contributed by atoms with Crippen LogP contribution < -0.4 is 15.0 Å². The number of aromatic nitrogens is 2. The standard InChI is InChI=1S/C22H40N4O4S/c1-8-22(6,7)13-16(2)20(27)30-17(14-23-21(3,4)5)15-29-19-18(24-31-25-19)26-9-11-28-12-10-26/h16-17,23H,8-15H2,1-7H3/t16?,17-/m0/s1. The summed E-state index contributed by atoms with van der Waals surface area (Å²) >= 11 is 1.13. The molecule has 9 heteroatoms. The molecule has 0 saturated carbocycles. The Morgan fingerprint density at radius 3 is 2.52 bits per heavy atom. The molecule has 1 unspecified atom stereocenters. The maximum Gasteiger partial charge on any atom is 0.309 e. The van der Waals surface area contributed by atoms with E-state index in [2.05, 4.69) is 60.5 Å². The summed E-state index contributed by atoms with van der Waals surface area (Å²) in [5, 5.41) is 3.42. The van der Waals surface area contributed by atoms with Crippen LogP contribution in [0.1, 0.15) is 61.3 Å². The van der Waals surface area contributed by atoms with Crippen LogP contribution in [-0.2, 0) is 14.3 Å². The minimum atomic E-state index is -0.418. The van der Waals surface area contributed by atoms with E-state index in [1.54, 1.807) is 0 Å². The molecule has 1 aliphatic heterocycles. The van der Waals surface area contributed by atoms with Gasteiger partial charge in [-0.05, 0) is 32.6 Å². The van der Waals surface area contributed by atoms with Gasteiger partial charge >= 0.3 is 5.97 Å². The molecule has 0 amide bonds. The molecule has 0 spiro atoms. The Morgan fingerprint density at radius 1 is 1.23 bits per heavy atom. The fourth-order valence-corrected chi connectivity index (χ4v) is 3.82. The van der Waals surface area contributed by atoms with Crippen LogP contribution >= 0.6 is 11.7 Å². The maximum atomic E-state index is 12.8. The zero-order chi connectivity index (χ0) is 23.1. The van der Waals surface area contributed by atoms with Gasteiger partial charge in [0.25, 0.3) is 5.88 Å². The van der Waals surface area contributed by atoms with Gasteiger partial charge in [-0.3, -0.25) is 4.79 Å². The molecule has 1 fully saturated rings. The topological polar surface area (TPSA) is 85.8 Å². The third-order valence-electron chi connectivity index (χ3n) is 5.52. The number of nitrogens with one attached hydrogen (secondary N) is 1. The molecular formula is C22H40N4O4S. The summed E-state index contributed by atoms with van der Waals surface area (Å²) in [6.45, 7) is 18.3. The highest BCUT2D eigenvalue weighted by atomic mass is 32.1. The second-order valence-electron chi connectivity index (χ2n) is 10.1. The van der Waals surface area contributed by atoms with E-state index >= 15 is 0 Å². The van der Waals surface area contributed by atoms with E-state index in [1.165, 1.54) is 0 Å². The summed E-state index contributed by atoms with van der Waals surface area (Å²) < 4.78 is 26.0. The minimum absolute atomic E-state index is 0.0956. The van der Waals surface area contributed by atoms with Crippen LogP contribution in [0.2, 0.25) is 0 Å². The molecule has 0 aliphatic carbocycles. The number of rotatable bonds is 11. The first-order chi connectivity index (χ1) is 14.5. The quantitative estimate of drug-likeness (QED) is 0.506. The van der Waals surface area contributed by atoms with E-state index in [1.807, 2.05) is 6.92 Å². The number of morpholine rings is 1. The van der Waals surface area contributed by atoms with Crippen LogP contribution in [0.15, 0.2) is 0 Å². The number of hydrogen-bond donors (Lipinski definition) is 1. The number of nitrogens with zero attached hydrogens (tertiary/aromatic N) is 3. The van der Waals surface area contributed by atoms with Gasteiger partial charge in [-0.25, -0.2) is 0 Å². The number of esters is 1. The van der Waals surface area contributed by atoms with Crippen molar-refractivity contribution in [2.24, 2.45) is 11.3 Å². The molecule has 178 valence electrons. The average molecular weight is 457 g/mol. The number of hydrogen-bond acceptors (Lipinski definition) is 9. The highest BCUT2D eigenvalue weighted by Gasteiger charge is 2.28. The Morgan fingerprint density at radius 2 is 1.90 bits per heavy atom. The van der Waals surface area contributed by atoms with E-state index < -0.39 is 6.10 Å². The largest absolute Gasteiger partial charge is 0.470 e. The molecule has 1 saturated heterocycles. The van der Waals surface area contributed by atoms with Crippen LogP contribution in [0.4, 0.5) is 5.82 Å². The summed E-state index contributed by atoms with van der Waals surface area (Å²) in [6, 6.07) is 0. The minimum Gasteiger partial charge on any atom is -0.470 e. The third kappa shape index (κ3) is 8.90. The lowest BCUT2D eigenvalue weighted by atomic mass is 9.81. The Kier molecular flexibility index (Phi) is 9.51. The third-order valence-corrected chi connectivity index (χ3v) is 6.02. The molecule has 1 aromatic heterocycles. The number of carbonyl (C=O) groups is 1. The van der Waals surface area contributed by atoms with Gasteiger partial charge in [-0.15, -0.1) is 4.37 Å². The van der Waals surface area contributed by atoms with Gasteiger partial charge in [-0.2, -0.15) is 4.37 Å². The lowest BCUT2D eigenvalue weighted by Crippen LogP contribution is -2.44. The predicted molar refractivity (Wildman–Crippen MR) is 124 cm³/mol. The van der Waals surface area contributed by atoms with Crippen LogP contribution in [0.25, 0.3) is 0 Å². The highest BCUT2D eigenvalue weighted by molar-refractivity contribution is 6.99. The molecule has 1 N–H and O–H groups in total. The van der Waals surface area contributed by atoms with Gasteiger partial charge in [0.15, 0.2) is 0 Å². The van der Waals surface area contributed by atoms with Crippen molar-refractivity contribution < 1.29 is 19.0 Å². The first-order valence-corrected chi connectivity index (χ1v) is 12.0. The molecule has 31 heavy (non-hydrogen) atoms. The summed E-state index contributed by atoms with van der Waals surface area (Å²) in [4.78, 5) is 14.9. The zero-order valence-corrected chi connectivity index (χ0v) is 21.0. The molecular weight excluding hydrogens is 416 g/mol. The van der Waals surface area contributed by atoms with Crippen molar-refractivity contribution in [1.82, 2.24) is 14.1 Å². The van der Waals surface area contributed by atoms with E-state index in [9.17, 15) is 4.79 Å². The Balaban J connectivity index is 2.00. The summed E-state index contributed by atoms with van der Waals surface area (Å²) in [5.74, 6) is 0.872. The van der Waals surface area contributed by atoms with E-state index in [0.717, 1.165) is 43.5 Å². The van der Waals surface area contributed by atoms with Crippen LogP contribution in [0.5, 0.6) is 5.88 Å². The molecule has 8 nitrogen and oxygen atoms in total. The Bertz CT molecular complexity index is 683. The number of ether oxygens (including phenoxy) is 3. The maximum absolute atomic E-state index is 12.8. The van der Waals surface area contributed by atoms with Gasteiger partial charge in [0, 0.05) is 25.2 Å². The Hall–Kier alpha value is -1.45. The van der Waals surface area contributed by atoms with Crippen molar-refractivity contribution in [2.75, 3.05) is 44.4 Å². The van der Waals surface area contributed by atoms with E-state index in [-0.39, 0.29) is 29.4 Å². The second-order valence-corrected chi connectivity index (χ2v) is 10.6. The second kappa shape index (κ2) is 11.4. The Labute approximate surface area is 191 Å². The van der Waals surface area contributed by atoms with Crippen LogP contribution in [0.3, 0.4) is 0 Å². The lowest BCUT2D eigenvalue weighted by molar-refractivity contribution is -0.156. The van der Waals surface area contributed by atoms with Crippen molar-refractivity contribution in [3.8, 4) is 5.88 Å². The number of carbonyl (C=O) groups excluding carboxylic acids is 1. The zero-order valence-electron chi connectivity index (χ0n) is 20.2. The monoisotopic (exact) mass is 456 g/mol. The van der Waals surface area contributed by atoms with E-state index in [0.29, 0.717) is 25.6 Å². The summed E-state index contributed by atoms with van der Waals surface area (Å²) in [7, 11) is 0. The molecule has 1 aliphatic rings. The van der Waals surface area contributed by atoms with Gasteiger partial charge in [0.05, 0.1) is 30.9 Å². The molecule has 0 bridgehead atoms.